The summed E-state index contributed by atoms with van der Waals surface area (Å²) in [6.45, 7) is 0. The average molecular weight is 249 g/mol. The molecule has 0 saturated heterocycles. The molecule has 0 bridgehead atoms. The molecule has 0 fully saturated rings. The average Bonchev–Trinajstić information content (AvgIpc) is 2.78. The first-order valence-electron chi connectivity index (χ1n) is 4.58. The summed E-state index contributed by atoms with van der Waals surface area (Å²) in [7, 11) is 0. The van der Waals surface area contributed by atoms with E-state index in [0.29, 0.717) is 11.3 Å². The first-order valence-corrected chi connectivity index (χ1v) is 5.46. The minimum Gasteiger partial charge on any atom is -0.364 e. The SMILES string of the molecule is NC(=O)c1nc(-c2ccccc2[N+](=O)[O-])cs1. The lowest BCUT2D eigenvalue weighted by molar-refractivity contribution is -0.384. The van der Waals surface area contributed by atoms with E-state index < -0.39 is 10.8 Å². The second-order valence-electron chi connectivity index (χ2n) is 3.18. The fraction of sp³-hybridized carbons (Fsp3) is 0. The highest BCUT2D eigenvalue weighted by molar-refractivity contribution is 7.12. The van der Waals surface area contributed by atoms with Crippen molar-refractivity contribution in [3.8, 4) is 11.3 Å². The number of nitrogens with zero attached hydrogens (tertiary/aromatic N) is 2. The first kappa shape index (κ1) is 11.2. The Balaban J connectivity index is 2.52. The van der Waals surface area contributed by atoms with Gasteiger partial charge in [0.2, 0.25) is 0 Å². The highest BCUT2D eigenvalue weighted by atomic mass is 32.1. The highest BCUT2D eigenvalue weighted by Crippen LogP contribution is 2.30. The maximum Gasteiger partial charge on any atom is 0.278 e. The zero-order valence-corrected chi connectivity index (χ0v) is 9.31. The number of carbonyl (C=O) groups is 1. The van der Waals surface area contributed by atoms with Gasteiger partial charge in [-0.1, -0.05) is 12.1 Å². The summed E-state index contributed by atoms with van der Waals surface area (Å²) in [6.07, 6.45) is 0. The molecule has 0 atom stereocenters. The Kier molecular flexibility index (Phi) is 2.84. The third-order valence-electron chi connectivity index (χ3n) is 2.09. The minimum absolute atomic E-state index is 0.0474. The van der Waals surface area contributed by atoms with Gasteiger partial charge in [-0.15, -0.1) is 11.3 Å². The van der Waals surface area contributed by atoms with Crippen molar-refractivity contribution in [3.63, 3.8) is 0 Å². The van der Waals surface area contributed by atoms with Crippen LogP contribution in [-0.4, -0.2) is 15.8 Å². The number of para-hydroxylation sites is 1. The van der Waals surface area contributed by atoms with Crippen molar-refractivity contribution in [1.29, 1.82) is 0 Å². The van der Waals surface area contributed by atoms with E-state index >= 15 is 0 Å². The lowest BCUT2D eigenvalue weighted by atomic mass is 10.1. The van der Waals surface area contributed by atoms with E-state index in [1.54, 1.807) is 23.6 Å². The predicted octanol–water partition coefficient (Wildman–Crippen LogP) is 1.82. The first-order chi connectivity index (χ1) is 8.09. The number of rotatable bonds is 3. The Bertz CT molecular complexity index is 594. The van der Waals surface area contributed by atoms with Crippen LogP contribution < -0.4 is 5.73 Å². The second kappa shape index (κ2) is 4.30. The van der Waals surface area contributed by atoms with Crippen LogP contribution in [0.3, 0.4) is 0 Å². The van der Waals surface area contributed by atoms with Crippen LogP contribution in [0.4, 0.5) is 5.69 Å². The van der Waals surface area contributed by atoms with Crippen molar-refractivity contribution in [3.05, 3.63) is 44.8 Å². The summed E-state index contributed by atoms with van der Waals surface area (Å²) in [5.74, 6) is -0.639. The number of amides is 1. The van der Waals surface area contributed by atoms with E-state index in [1.807, 2.05) is 0 Å². The van der Waals surface area contributed by atoms with Gasteiger partial charge in [0.05, 0.1) is 16.2 Å². The standard InChI is InChI=1S/C10H7N3O3S/c11-9(14)10-12-7(5-17-10)6-3-1-2-4-8(6)13(15)16/h1-5H,(H2,11,14). The molecule has 0 aliphatic heterocycles. The maximum absolute atomic E-state index is 10.9. The quantitative estimate of drug-likeness (QED) is 0.662. The Morgan fingerprint density at radius 1 is 1.41 bits per heavy atom. The van der Waals surface area contributed by atoms with Crippen LogP contribution in [0.5, 0.6) is 0 Å². The predicted molar refractivity (Wildman–Crippen MR) is 62.7 cm³/mol. The fourth-order valence-electron chi connectivity index (χ4n) is 1.36. The number of primary amides is 1. The summed E-state index contributed by atoms with van der Waals surface area (Å²) in [6, 6.07) is 6.21. The van der Waals surface area contributed by atoms with E-state index in [4.69, 9.17) is 5.73 Å². The Morgan fingerprint density at radius 2 is 2.12 bits per heavy atom. The number of aromatic nitrogens is 1. The van der Waals surface area contributed by atoms with Gasteiger partial charge in [-0.2, -0.15) is 0 Å². The summed E-state index contributed by atoms with van der Waals surface area (Å²) in [5, 5.41) is 12.5. The zero-order chi connectivity index (χ0) is 12.4. The third-order valence-corrected chi connectivity index (χ3v) is 2.95. The largest absolute Gasteiger partial charge is 0.364 e. The highest BCUT2D eigenvalue weighted by Gasteiger charge is 2.17. The molecule has 1 heterocycles. The molecule has 2 N–H and O–H groups in total. The van der Waals surface area contributed by atoms with Crippen molar-refractivity contribution >= 4 is 22.9 Å². The van der Waals surface area contributed by atoms with Crippen molar-refractivity contribution in [2.24, 2.45) is 5.73 Å². The van der Waals surface area contributed by atoms with Gasteiger partial charge < -0.3 is 5.73 Å². The zero-order valence-electron chi connectivity index (χ0n) is 8.49. The molecule has 0 saturated carbocycles. The molecule has 6 nitrogen and oxygen atoms in total. The van der Waals surface area contributed by atoms with E-state index in [1.165, 1.54) is 6.07 Å². The molecule has 0 aliphatic rings. The van der Waals surface area contributed by atoms with Crippen LogP contribution in [-0.2, 0) is 0 Å². The molecule has 2 rings (SSSR count). The molecule has 17 heavy (non-hydrogen) atoms. The van der Waals surface area contributed by atoms with Crippen molar-refractivity contribution in [2.45, 2.75) is 0 Å². The van der Waals surface area contributed by atoms with Crippen LogP contribution in [0.1, 0.15) is 9.80 Å². The lowest BCUT2D eigenvalue weighted by Gasteiger charge is -1.98. The summed E-state index contributed by atoms with van der Waals surface area (Å²) < 4.78 is 0. The second-order valence-corrected chi connectivity index (χ2v) is 4.03. The molecule has 0 unspecified atom stereocenters. The fourth-order valence-corrected chi connectivity index (χ4v) is 2.03. The number of hydrogen-bond donors (Lipinski definition) is 1. The van der Waals surface area contributed by atoms with E-state index in [9.17, 15) is 14.9 Å². The van der Waals surface area contributed by atoms with Gasteiger partial charge in [-0.3, -0.25) is 14.9 Å². The van der Waals surface area contributed by atoms with Crippen LogP contribution in [0.15, 0.2) is 29.6 Å². The lowest BCUT2D eigenvalue weighted by Crippen LogP contribution is -2.10. The van der Waals surface area contributed by atoms with Crippen molar-refractivity contribution in [1.82, 2.24) is 4.98 Å². The van der Waals surface area contributed by atoms with Gasteiger partial charge in [-0.05, 0) is 6.07 Å². The number of hydrogen-bond acceptors (Lipinski definition) is 5. The van der Waals surface area contributed by atoms with Gasteiger partial charge in [0.1, 0.15) is 0 Å². The molecule has 0 radical (unpaired) electrons. The number of nitrogens with two attached hydrogens (primary N) is 1. The minimum atomic E-state index is -0.639. The Hall–Kier alpha value is -2.28. The monoisotopic (exact) mass is 249 g/mol. The molecule has 7 heteroatoms. The summed E-state index contributed by atoms with van der Waals surface area (Å²) in [5.41, 5.74) is 5.79. The topological polar surface area (TPSA) is 99.1 Å². The maximum atomic E-state index is 10.9. The van der Waals surface area contributed by atoms with Crippen LogP contribution in [0.25, 0.3) is 11.3 Å². The van der Waals surface area contributed by atoms with Crippen molar-refractivity contribution in [2.75, 3.05) is 0 Å². The molecule has 1 amide bonds. The molecule has 1 aromatic heterocycles. The Morgan fingerprint density at radius 3 is 2.71 bits per heavy atom. The Labute approximate surface area is 99.9 Å². The van der Waals surface area contributed by atoms with Gasteiger partial charge in [0.25, 0.3) is 11.6 Å². The summed E-state index contributed by atoms with van der Waals surface area (Å²) in [4.78, 5) is 25.2. The number of thiazole rings is 1. The molecule has 1 aromatic carbocycles. The summed E-state index contributed by atoms with van der Waals surface area (Å²) >= 11 is 1.06. The number of carbonyl (C=O) groups excluding carboxylic acids is 1. The van der Waals surface area contributed by atoms with Crippen LogP contribution in [0.2, 0.25) is 0 Å². The van der Waals surface area contributed by atoms with Crippen molar-refractivity contribution < 1.29 is 9.72 Å². The molecule has 0 aliphatic carbocycles. The third kappa shape index (κ3) is 2.13. The van der Waals surface area contributed by atoms with Gasteiger partial charge in [-0.25, -0.2) is 4.98 Å². The van der Waals surface area contributed by atoms with Gasteiger partial charge >= 0.3 is 0 Å². The number of nitro groups is 1. The molecular weight excluding hydrogens is 242 g/mol. The molecule has 86 valence electrons. The number of benzene rings is 1. The molecule has 0 spiro atoms. The van der Waals surface area contributed by atoms with Gasteiger partial charge in [0, 0.05) is 11.4 Å². The molecule has 2 aromatic rings. The molecular formula is C10H7N3O3S. The normalized spacial score (nSPS) is 10.1. The van der Waals surface area contributed by atoms with E-state index in [-0.39, 0.29) is 10.7 Å². The van der Waals surface area contributed by atoms with E-state index in [0.717, 1.165) is 11.3 Å². The smallest absolute Gasteiger partial charge is 0.278 e. The number of nitro benzene ring substituents is 1. The van der Waals surface area contributed by atoms with E-state index in [2.05, 4.69) is 4.98 Å². The van der Waals surface area contributed by atoms with Crippen LogP contribution in [0, 0.1) is 10.1 Å². The van der Waals surface area contributed by atoms with Gasteiger partial charge in [0.15, 0.2) is 5.01 Å². The van der Waals surface area contributed by atoms with Crippen LogP contribution >= 0.6 is 11.3 Å².